The fourth-order valence-electron chi connectivity index (χ4n) is 6.16. The van der Waals surface area contributed by atoms with Crippen molar-refractivity contribution < 1.29 is 19.4 Å². The Hall–Kier alpha value is -4.73. The lowest BCUT2D eigenvalue weighted by Gasteiger charge is -2.31. The third kappa shape index (κ3) is 6.23. The van der Waals surface area contributed by atoms with Gasteiger partial charge in [0.2, 0.25) is 17.7 Å². The molecule has 1 saturated carbocycles. The van der Waals surface area contributed by atoms with Gasteiger partial charge in [0.1, 0.15) is 5.75 Å². The first-order valence-electron chi connectivity index (χ1n) is 14.9. The van der Waals surface area contributed by atoms with Crippen LogP contribution in [0.2, 0.25) is 0 Å². The molecule has 10 heteroatoms. The molecule has 1 aliphatic heterocycles. The number of hydrogen-bond donors (Lipinski definition) is 3. The maximum absolute atomic E-state index is 13.0. The van der Waals surface area contributed by atoms with E-state index in [-0.39, 0.29) is 17.9 Å². The van der Waals surface area contributed by atoms with Crippen LogP contribution in [0.4, 0.5) is 16.4 Å². The molecule has 0 radical (unpaired) electrons. The summed E-state index contributed by atoms with van der Waals surface area (Å²) in [5, 5.41) is 17.6. The second kappa shape index (κ2) is 12.2. The summed E-state index contributed by atoms with van der Waals surface area (Å²) < 4.78 is 6.54. The minimum Gasteiger partial charge on any atom is -0.465 e. The average Bonchev–Trinajstić information content (AvgIpc) is 3.45. The van der Waals surface area contributed by atoms with Gasteiger partial charge in [-0.25, -0.2) is 19.7 Å². The molecule has 1 aliphatic carbocycles. The number of anilines is 2. The molecule has 2 fully saturated rings. The molecular weight excluding hydrogens is 544 g/mol. The second-order valence-electron chi connectivity index (χ2n) is 11.7. The van der Waals surface area contributed by atoms with E-state index in [1.807, 2.05) is 49.4 Å². The third-order valence-electron chi connectivity index (χ3n) is 8.46. The quantitative estimate of drug-likeness (QED) is 0.220. The highest BCUT2D eigenvalue weighted by atomic mass is 16.5. The smallest absolute Gasteiger partial charge is 0.407 e. The van der Waals surface area contributed by atoms with E-state index in [4.69, 9.17) is 9.72 Å². The number of fused-ring (bicyclic) bond motifs is 1. The number of piperidine rings is 1. The van der Waals surface area contributed by atoms with Gasteiger partial charge in [-0.05, 0) is 74.8 Å². The van der Waals surface area contributed by atoms with E-state index in [9.17, 15) is 14.7 Å². The van der Waals surface area contributed by atoms with Crippen molar-refractivity contribution in [2.75, 3.05) is 23.7 Å². The van der Waals surface area contributed by atoms with Crippen LogP contribution >= 0.6 is 0 Å². The van der Waals surface area contributed by atoms with Gasteiger partial charge in [-0.2, -0.15) is 0 Å². The van der Waals surface area contributed by atoms with E-state index in [1.165, 1.54) is 4.90 Å². The van der Waals surface area contributed by atoms with Crippen LogP contribution in [0.25, 0.3) is 22.0 Å². The Kier molecular flexibility index (Phi) is 8.09. The molecule has 2 aromatic carbocycles. The van der Waals surface area contributed by atoms with Crippen LogP contribution in [0.5, 0.6) is 11.6 Å². The van der Waals surface area contributed by atoms with Gasteiger partial charge in [-0.3, -0.25) is 4.79 Å². The summed E-state index contributed by atoms with van der Waals surface area (Å²) in [4.78, 5) is 39.6. The van der Waals surface area contributed by atoms with Crippen molar-refractivity contribution in [1.29, 1.82) is 0 Å². The van der Waals surface area contributed by atoms with Gasteiger partial charge in [0.05, 0.1) is 11.3 Å². The standard InChI is InChI=1S/C33H36N6O4/c1-20-10-12-22(18-20)30(40)37-27-9-3-7-25-24(27)13-11-21(2)29(25)43-31-26(8-4-15-34-31)28-14-16-35-32(38-28)36-23-6-5-17-39(19-23)33(41)42/h3-4,7-9,11,13-16,20,22-23H,5-6,10,12,17-19H2,1-2H3,(H,37,40)(H,41,42)(H,35,36,38)/t20?,22-,23+/m1/s1. The average molecular weight is 581 g/mol. The summed E-state index contributed by atoms with van der Waals surface area (Å²) in [6, 6.07) is 15.3. The number of pyridine rings is 1. The van der Waals surface area contributed by atoms with Gasteiger partial charge in [-0.15, -0.1) is 0 Å². The first-order valence-corrected chi connectivity index (χ1v) is 14.9. The largest absolute Gasteiger partial charge is 0.465 e. The molecule has 6 rings (SSSR count). The molecule has 0 spiro atoms. The summed E-state index contributed by atoms with van der Waals surface area (Å²) in [7, 11) is 0. The van der Waals surface area contributed by atoms with Crippen LogP contribution in [0.15, 0.2) is 60.9 Å². The normalized spacial score (nSPS) is 20.1. The lowest BCUT2D eigenvalue weighted by molar-refractivity contribution is -0.119. The van der Waals surface area contributed by atoms with Gasteiger partial charge < -0.3 is 25.4 Å². The third-order valence-corrected chi connectivity index (χ3v) is 8.46. The predicted octanol–water partition coefficient (Wildman–Crippen LogP) is 6.72. The van der Waals surface area contributed by atoms with Crippen LogP contribution in [-0.4, -0.2) is 56.1 Å². The number of ether oxygens (including phenoxy) is 1. The second-order valence-corrected chi connectivity index (χ2v) is 11.7. The number of carbonyl (C=O) groups excluding carboxylic acids is 1. The molecule has 1 saturated heterocycles. The van der Waals surface area contributed by atoms with Crippen LogP contribution in [0.1, 0.15) is 44.6 Å². The van der Waals surface area contributed by atoms with Crippen molar-refractivity contribution in [2.24, 2.45) is 11.8 Å². The molecule has 3 heterocycles. The number of hydrogen-bond acceptors (Lipinski definition) is 7. The van der Waals surface area contributed by atoms with Gasteiger partial charge in [0.15, 0.2) is 0 Å². The Labute approximate surface area is 250 Å². The van der Waals surface area contributed by atoms with Crippen LogP contribution in [-0.2, 0) is 4.79 Å². The molecule has 3 N–H and O–H groups in total. The van der Waals surface area contributed by atoms with Crippen molar-refractivity contribution in [3.8, 4) is 22.9 Å². The number of nitrogens with one attached hydrogen (secondary N) is 2. The fraction of sp³-hybridized carbons (Fsp3) is 0.364. The Morgan fingerprint density at radius 2 is 1.88 bits per heavy atom. The summed E-state index contributed by atoms with van der Waals surface area (Å²) in [6.45, 7) is 5.10. The molecule has 3 atom stereocenters. The monoisotopic (exact) mass is 580 g/mol. The maximum Gasteiger partial charge on any atom is 0.407 e. The van der Waals surface area contributed by atoms with Crippen molar-refractivity contribution in [3.63, 3.8) is 0 Å². The highest BCUT2D eigenvalue weighted by molar-refractivity contribution is 6.05. The molecule has 2 aromatic heterocycles. The molecule has 43 heavy (non-hydrogen) atoms. The SMILES string of the molecule is Cc1ccc2c(NC(=O)[C@@H]3CCC(C)C3)cccc2c1Oc1ncccc1-c1ccnc(N[C@H]2CCCN(C(=O)O)C2)n1. The number of carbonyl (C=O) groups is 2. The van der Waals surface area contributed by atoms with Crippen molar-refractivity contribution in [3.05, 3.63) is 66.5 Å². The lowest BCUT2D eigenvalue weighted by atomic mass is 10.0. The molecule has 222 valence electrons. The van der Waals surface area contributed by atoms with Gasteiger partial charge in [0, 0.05) is 53.9 Å². The highest BCUT2D eigenvalue weighted by Gasteiger charge is 2.28. The van der Waals surface area contributed by atoms with E-state index in [2.05, 4.69) is 27.5 Å². The number of carboxylic acid groups (broad SMARTS) is 1. The Bertz CT molecular complexity index is 1660. The number of aryl methyl sites for hydroxylation is 1. The maximum atomic E-state index is 13.0. The van der Waals surface area contributed by atoms with Crippen molar-refractivity contribution in [1.82, 2.24) is 19.9 Å². The highest BCUT2D eigenvalue weighted by Crippen LogP contribution is 2.39. The first-order chi connectivity index (χ1) is 20.9. The molecular formula is C33H36N6O4. The molecule has 0 bridgehead atoms. The molecule has 1 unspecified atom stereocenters. The van der Waals surface area contributed by atoms with Gasteiger partial charge >= 0.3 is 6.09 Å². The number of nitrogens with zero attached hydrogens (tertiary/aromatic N) is 4. The summed E-state index contributed by atoms with van der Waals surface area (Å²) in [5.74, 6) is 2.17. The van der Waals surface area contributed by atoms with E-state index < -0.39 is 6.09 Å². The van der Waals surface area contributed by atoms with E-state index in [0.29, 0.717) is 47.8 Å². The minimum atomic E-state index is -0.917. The number of benzene rings is 2. The van der Waals surface area contributed by atoms with Crippen LogP contribution in [0.3, 0.4) is 0 Å². The summed E-state index contributed by atoms with van der Waals surface area (Å²) in [6.07, 6.45) is 6.98. The number of amides is 2. The number of rotatable bonds is 7. The Morgan fingerprint density at radius 1 is 1.00 bits per heavy atom. The van der Waals surface area contributed by atoms with Gasteiger partial charge in [0.25, 0.3) is 0 Å². The number of likely N-dealkylation sites (tertiary alicyclic amines) is 1. The van der Waals surface area contributed by atoms with Crippen LogP contribution < -0.4 is 15.4 Å². The zero-order valence-electron chi connectivity index (χ0n) is 24.4. The van der Waals surface area contributed by atoms with E-state index in [1.54, 1.807) is 18.5 Å². The molecule has 2 aliphatic rings. The van der Waals surface area contributed by atoms with E-state index >= 15 is 0 Å². The first kappa shape index (κ1) is 28.4. The topological polar surface area (TPSA) is 130 Å². The minimum absolute atomic E-state index is 0.0453. The lowest BCUT2D eigenvalue weighted by Crippen LogP contribution is -2.44. The number of aromatic nitrogens is 3. The fourth-order valence-corrected chi connectivity index (χ4v) is 6.16. The zero-order valence-corrected chi connectivity index (χ0v) is 24.4. The van der Waals surface area contributed by atoms with E-state index in [0.717, 1.165) is 54.1 Å². The predicted molar refractivity (Wildman–Crippen MR) is 165 cm³/mol. The molecule has 10 nitrogen and oxygen atoms in total. The zero-order chi connectivity index (χ0) is 29.9. The van der Waals surface area contributed by atoms with Crippen molar-refractivity contribution >= 4 is 34.4 Å². The Morgan fingerprint density at radius 3 is 2.70 bits per heavy atom. The molecule has 4 aromatic rings. The van der Waals surface area contributed by atoms with Gasteiger partial charge in [-0.1, -0.05) is 31.2 Å². The van der Waals surface area contributed by atoms with Crippen LogP contribution in [0, 0.1) is 18.8 Å². The summed E-state index contributed by atoms with van der Waals surface area (Å²) in [5.41, 5.74) is 3.02. The molecule has 2 amide bonds. The summed E-state index contributed by atoms with van der Waals surface area (Å²) >= 11 is 0. The van der Waals surface area contributed by atoms with Crippen molar-refractivity contribution in [2.45, 2.75) is 52.0 Å². The Balaban J connectivity index is 1.27.